The molecule has 0 radical (unpaired) electrons. The van der Waals surface area contributed by atoms with Crippen LogP contribution in [0, 0.1) is 11.7 Å². The molecule has 1 rings (SSSR count). The average molecular weight is 302 g/mol. The Kier molecular flexibility index (Phi) is 5.14. The van der Waals surface area contributed by atoms with Crippen molar-refractivity contribution in [1.82, 2.24) is 5.32 Å². The molecular weight excluding hydrogens is 281 g/mol. The Bertz CT molecular complexity index is 351. The van der Waals surface area contributed by atoms with Gasteiger partial charge in [0.25, 0.3) is 0 Å². The Morgan fingerprint density at radius 2 is 1.94 bits per heavy atom. The van der Waals surface area contributed by atoms with Crippen LogP contribution in [0.3, 0.4) is 0 Å². The number of nitrogens with one attached hydrogen (secondary N) is 1. The van der Waals surface area contributed by atoms with Crippen LogP contribution in [0.1, 0.15) is 33.3 Å². The van der Waals surface area contributed by atoms with E-state index in [4.69, 9.17) is 0 Å². The van der Waals surface area contributed by atoms with Gasteiger partial charge in [0.1, 0.15) is 5.82 Å². The van der Waals surface area contributed by atoms with Crippen LogP contribution in [-0.4, -0.2) is 12.1 Å². The molecule has 1 unspecified atom stereocenters. The van der Waals surface area contributed by atoms with Gasteiger partial charge in [-0.3, -0.25) is 0 Å². The van der Waals surface area contributed by atoms with Crippen LogP contribution in [0.5, 0.6) is 0 Å². The Balaban J connectivity index is 2.53. The second-order valence-electron chi connectivity index (χ2n) is 5.72. The zero-order chi connectivity index (χ0) is 13.1. The molecule has 0 aliphatic heterocycles. The van der Waals surface area contributed by atoms with E-state index in [1.54, 1.807) is 6.07 Å². The standard InChI is InChI=1S/C14H21BrFN/c1-10(9-17-14(2,3)4)5-11-6-12(15)8-13(16)7-11/h6-8,10,17H,5,9H2,1-4H3. The van der Waals surface area contributed by atoms with Gasteiger partial charge in [-0.2, -0.15) is 0 Å². The number of rotatable bonds is 4. The van der Waals surface area contributed by atoms with E-state index in [0.717, 1.165) is 23.0 Å². The van der Waals surface area contributed by atoms with Crippen LogP contribution in [0.15, 0.2) is 22.7 Å². The van der Waals surface area contributed by atoms with E-state index >= 15 is 0 Å². The first-order valence-electron chi connectivity index (χ1n) is 5.96. The maximum atomic E-state index is 13.2. The molecule has 0 aromatic heterocycles. The molecule has 0 saturated carbocycles. The van der Waals surface area contributed by atoms with Crippen molar-refractivity contribution in [2.45, 2.75) is 39.7 Å². The predicted molar refractivity (Wildman–Crippen MR) is 74.7 cm³/mol. The zero-order valence-corrected chi connectivity index (χ0v) is 12.6. The first-order chi connectivity index (χ1) is 7.76. The topological polar surface area (TPSA) is 12.0 Å². The van der Waals surface area contributed by atoms with E-state index in [2.05, 4.69) is 48.9 Å². The minimum Gasteiger partial charge on any atom is -0.312 e. The van der Waals surface area contributed by atoms with Crippen LogP contribution in [-0.2, 0) is 6.42 Å². The minimum absolute atomic E-state index is 0.136. The quantitative estimate of drug-likeness (QED) is 0.881. The molecule has 0 saturated heterocycles. The van der Waals surface area contributed by atoms with Gasteiger partial charge in [-0.05, 0) is 63.4 Å². The second kappa shape index (κ2) is 5.96. The van der Waals surface area contributed by atoms with Gasteiger partial charge in [-0.1, -0.05) is 22.9 Å². The maximum Gasteiger partial charge on any atom is 0.124 e. The Morgan fingerprint density at radius 3 is 2.47 bits per heavy atom. The minimum atomic E-state index is -0.176. The Labute approximate surface area is 112 Å². The smallest absolute Gasteiger partial charge is 0.124 e. The molecule has 0 amide bonds. The lowest BCUT2D eigenvalue weighted by Gasteiger charge is -2.23. The van der Waals surface area contributed by atoms with Crippen molar-refractivity contribution in [3.63, 3.8) is 0 Å². The molecule has 0 spiro atoms. The van der Waals surface area contributed by atoms with Gasteiger partial charge in [-0.25, -0.2) is 4.39 Å². The predicted octanol–water partition coefficient (Wildman–Crippen LogP) is 4.15. The number of hydrogen-bond acceptors (Lipinski definition) is 1. The van der Waals surface area contributed by atoms with Crippen LogP contribution in [0.25, 0.3) is 0 Å². The van der Waals surface area contributed by atoms with Gasteiger partial charge in [0.15, 0.2) is 0 Å². The lowest BCUT2D eigenvalue weighted by atomic mass is 9.99. The molecule has 0 fully saturated rings. The third kappa shape index (κ3) is 6.18. The fraction of sp³-hybridized carbons (Fsp3) is 0.571. The number of hydrogen-bond donors (Lipinski definition) is 1. The normalized spacial score (nSPS) is 13.8. The average Bonchev–Trinajstić information content (AvgIpc) is 2.11. The van der Waals surface area contributed by atoms with Crippen LogP contribution in [0.2, 0.25) is 0 Å². The molecule has 0 aliphatic rings. The van der Waals surface area contributed by atoms with Crippen molar-refractivity contribution < 1.29 is 4.39 Å². The van der Waals surface area contributed by atoms with Gasteiger partial charge in [0.2, 0.25) is 0 Å². The third-order valence-electron chi connectivity index (χ3n) is 2.49. The monoisotopic (exact) mass is 301 g/mol. The third-order valence-corrected chi connectivity index (χ3v) is 2.95. The molecule has 1 atom stereocenters. The highest BCUT2D eigenvalue weighted by Gasteiger charge is 2.12. The summed E-state index contributed by atoms with van der Waals surface area (Å²) in [5.41, 5.74) is 1.18. The number of halogens is 2. The molecule has 1 N–H and O–H groups in total. The van der Waals surface area contributed by atoms with Crippen molar-refractivity contribution in [2.75, 3.05) is 6.54 Å². The molecular formula is C14H21BrFN. The van der Waals surface area contributed by atoms with Gasteiger partial charge in [-0.15, -0.1) is 0 Å². The summed E-state index contributed by atoms with van der Waals surface area (Å²) in [7, 11) is 0. The van der Waals surface area contributed by atoms with Crippen LogP contribution < -0.4 is 5.32 Å². The summed E-state index contributed by atoms with van der Waals surface area (Å²) in [4.78, 5) is 0. The van der Waals surface area contributed by atoms with Crippen LogP contribution in [0.4, 0.5) is 4.39 Å². The highest BCUT2D eigenvalue weighted by atomic mass is 79.9. The highest BCUT2D eigenvalue weighted by Crippen LogP contribution is 2.17. The highest BCUT2D eigenvalue weighted by molar-refractivity contribution is 9.10. The molecule has 0 aliphatic carbocycles. The fourth-order valence-electron chi connectivity index (χ4n) is 1.68. The van der Waals surface area contributed by atoms with Crippen molar-refractivity contribution >= 4 is 15.9 Å². The fourth-order valence-corrected chi connectivity index (χ4v) is 2.20. The molecule has 17 heavy (non-hydrogen) atoms. The summed E-state index contributed by atoms with van der Waals surface area (Å²) < 4.78 is 14.0. The van der Waals surface area contributed by atoms with Gasteiger partial charge < -0.3 is 5.32 Å². The molecule has 3 heteroatoms. The lowest BCUT2D eigenvalue weighted by Crippen LogP contribution is -2.39. The summed E-state index contributed by atoms with van der Waals surface area (Å²) in [5, 5.41) is 3.47. The van der Waals surface area contributed by atoms with Gasteiger partial charge >= 0.3 is 0 Å². The van der Waals surface area contributed by atoms with E-state index in [0.29, 0.717) is 5.92 Å². The Morgan fingerprint density at radius 1 is 1.29 bits per heavy atom. The van der Waals surface area contributed by atoms with E-state index < -0.39 is 0 Å². The molecule has 1 aromatic rings. The number of benzene rings is 1. The van der Waals surface area contributed by atoms with E-state index in [1.165, 1.54) is 6.07 Å². The first kappa shape index (κ1) is 14.7. The second-order valence-corrected chi connectivity index (χ2v) is 6.63. The van der Waals surface area contributed by atoms with Crippen molar-refractivity contribution in [1.29, 1.82) is 0 Å². The molecule has 0 bridgehead atoms. The van der Waals surface area contributed by atoms with E-state index in [-0.39, 0.29) is 11.4 Å². The molecule has 96 valence electrons. The van der Waals surface area contributed by atoms with Crippen molar-refractivity contribution in [3.05, 3.63) is 34.1 Å². The SMILES string of the molecule is CC(CNC(C)(C)C)Cc1cc(F)cc(Br)c1. The molecule has 1 aromatic carbocycles. The van der Waals surface area contributed by atoms with E-state index in [1.807, 2.05) is 6.07 Å². The Hall–Kier alpha value is -0.410. The van der Waals surface area contributed by atoms with E-state index in [9.17, 15) is 4.39 Å². The summed E-state index contributed by atoms with van der Waals surface area (Å²) in [6.07, 6.45) is 0.888. The summed E-state index contributed by atoms with van der Waals surface area (Å²) in [5.74, 6) is 0.313. The van der Waals surface area contributed by atoms with Gasteiger partial charge in [0, 0.05) is 10.0 Å². The molecule has 1 nitrogen and oxygen atoms in total. The van der Waals surface area contributed by atoms with Crippen molar-refractivity contribution in [3.8, 4) is 0 Å². The van der Waals surface area contributed by atoms with Gasteiger partial charge in [0.05, 0.1) is 0 Å². The lowest BCUT2D eigenvalue weighted by molar-refractivity contribution is 0.381. The summed E-state index contributed by atoms with van der Waals surface area (Å²) in [6, 6.07) is 5.08. The largest absolute Gasteiger partial charge is 0.312 e. The summed E-state index contributed by atoms with van der Waals surface area (Å²) >= 11 is 3.32. The van der Waals surface area contributed by atoms with Crippen LogP contribution >= 0.6 is 15.9 Å². The first-order valence-corrected chi connectivity index (χ1v) is 6.75. The summed E-state index contributed by atoms with van der Waals surface area (Å²) in [6.45, 7) is 9.57. The zero-order valence-electron chi connectivity index (χ0n) is 11.0. The van der Waals surface area contributed by atoms with Crippen molar-refractivity contribution in [2.24, 2.45) is 5.92 Å². The molecule has 0 heterocycles. The maximum absolute atomic E-state index is 13.2.